The van der Waals surface area contributed by atoms with Gasteiger partial charge in [-0.05, 0) is 31.9 Å². The van der Waals surface area contributed by atoms with Gasteiger partial charge in [-0.3, -0.25) is 9.78 Å². The van der Waals surface area contributed by atoms with Crippen LogP contribution in [0.15, 0.2) is 18.2 Å². The first kappa shape index (κ1) is 12.9. The zero-order chi connectivity index (χ0) is 13.4. The zero-order valence-corrected chi connectivity index (χ0v) is 10.1. The van der Waals surface area contributed by atoms with Crippen LogP contribution in [0.3, 0.4) is 0 Å². The van der Waals surface area contributed by atoms with Crippen molar-refractivity contribution >= 4 is 5.97 Å². The molecule has 3 nitrogen and oxygen atoms in total. The van der Waals surface area contributed by atoms with Crippen LogP contribution < -0.4 is 0 Å². The van der Waals surface area contributed by atoms with Crippen molar-refractivity contribution in [3.05, 3.63) is 29.6 Å². The van der Waals surface area contributed by atoms with Gasteiger partial charge in [-0.2, -0.15) is 0 Å². The number of carboxylic acid groups (broad SMARTS) is 1. The summed E-state index contributed by atoms with van der Waals surface area (Å²) in [5.74, 6) is -3.81. The molecule has 1 aliphatic carbocycles. The Morgan fingerprint density at radius 1 is 1.28 bits per heavy atom. The summed E-state index contributed by atoms with van der Waals surface area (Å²) in [4.78, 5) is 15.7. The molecule has 1 saturated carbocycles. The number of halogens is 2. The molecule has 1 heterocycles. The van der Waals surface area contributed by atoms with Crippen molar-refractivity contribution in [1.29, 1.82) is 0 Å². The van der Waals surface area contributed by atoms with Crippen molar-refractivity contribution in [3.8, 4) is 0 Å². The van der Waals surface area contributed by atoms with Crippen LogP contribution in [0.4, 0.5) is 8.78 Å². The van der Waals surface area contributed by atoms with Crippen LogP contribution in [0.1, 0.15) is 37.1 Å². The highest BCUT2D eigenvalue weighted by molar-refractivity contribution is 5.81. The van der Waals surface area contributed by atoms with E-state index in [0.717, 1.165) is 0 Å². The Balaban J connectivity index is 2.38. The standard InChI is InChI=1S/C13H15F2NO2/c1-9-3-2-4-10(16-9)12(11(17)18)5-7-13(14,15)8-6-12/h2-4H,5-8H2,1H3,(H,17,18). The number of aliphatic carboxylic acids is 1. The van der Waals surface area contributed by atoms with Crippen molar-refractivity contribution in [1.82, 2.24) is 4.98 Å². The van der Waals surface area contributed by atoms with E-state index >= 15 is 0 Å². The minimum absolute atomic E-state index is 0.0637. The minimum atomic E-state index is -2.75. The third kappa shape index (κ3) is 2.21. The summed E-state index contributed by atoms with van der Waals surface area (Å²) in [7, 11) is 0. The van der Waals surface area contributed by atoms with Gasteiger partial charge >= 0.3 is 5.97 Å². The zero-order valence-electron chi connectivity index (χ0n) is 10.1. The van der Waals surface area contributed by atoms with Gasteiger partial charge in [0.05, 0.1) is 5.69 Å². The van der Waals surface area contributed by atoms with Crippen molar-refractivity contribution in [3.63, 3.8) is 0 Å². The summed E-state index contributed by atoms with van der Waals surface area (Å²) >= 11 is 0. The summed E-state index contributed by atoms with van der Waals surface area (Å²) in [6.45, 7) is 1.76. The van der Waals surface area contributed by atoms with Crippen molar-refractivity contribution in [2.45, 2.75) is 43.9 Å². The fourth-order valence-electron chi connectivity index (χ4n) is 2.43. The van der Waals surface area contributed by atoms with Crippen molar-refractivity contribution in [2.75, 3.05) is 0 Å². The van der Waals surface area contributed by atoms with E-state index in [1.807, 2.05) is 0 Å². The number of rotatable bonds is 2. The number of aryl methyl sites for hydroxylation is 1. The fourth-order valence-corrected chi connectivity index (χ4v) is 2.43. The van der Waals surface area contributed by atoms with E-state index < -0.39 is 30.1 Å². The van der Waals surface area contributed by atoms with Crippen LogP contribution in [-0.4, -0.2) is 22.0 Å². The second kappa shape index (κ2) is 4.30. The number of carbonyl (C=O) groups is 1. The van der Waals surface area contributed by atoms with Crippen LogP contribution in [0.25, 0.3) is 0 Å². The molecule has 0 aliphatic heterocycles. The van der Waals surface area contributed by atoms with Gasteiger partial charge in [-0.1, -0.05) is 6.07 Å². The van der Waals surface area contributed by atoms with Gasteiger partial charge in [0.2, 0.25) is 5.92 Å². The normalized spacial score (nSPS) is 21.5. The SMILES string of the molecule is Cc1cccc(C2(C(=O)O)CCC(F)(F)CC2)n1. The Bertz CT molecular complexity index is 464. The lowest BCUT2D eigenvalue weighted by Gasteiger charge is -2.36. The lowest BCUT2D eigenvalue weighted by molar-refractivity contribution is -0.149. The average molecular weight is 255 g/mol. The molecule has 1 N–H and O–H groups in total. The molecule has 0 saturated heterocycles. The highest BCUT2D eigenvalue weighted by Gasteiger charge is 2.49. The van der Waals surface area contributed by atoms with Crippen molar-refractivity contribution in [2.24, 2.45) is 0 Å². The predicted octanol–water partition coefficient (Wildman–Crippen LogP) is 2.92. The molecule has 0 bridgehead atoms. The molecule has 1 fully saturated rings. The topological polar surface area (TPSA) is 50.2 Å². The molecule has 1 aromatic rings. The molecular formula is C13H15F2NO2. The molecule has 0 radical (unpaired) electrons. The van der Waals surface area contributed by atoms with Gasteiger partial charge < -0.3 is 5.11 Å². The monoisotopic (exact) mass is 255 g/mol. The number of alkyl halides is 2. The molecule has 98 valence electrons. The molecule has 1 aromatic heterocycles. The molecule has 0 amide bonds. The van der Waals surface area contributed by atoms with Gasteiger partial charge in [0.1, 0.15) is 5.41 Å². The highest BCUT2D eigenvalue weighted by Crippen LogP contribution is 2.45. The first-order valence-corrected chi connectivity index (χ1v) is 5.91. The van der Waals surface area contributed by atoms with Crippen molar-refractivity contribution < 1.29 is 18.7 Å². The lowest BCUT2D eigenvalue weighted by atomic mass is 9.70. The molecule has 0 unspecified atom stereocenters. The summed E-state index contributed by atoms with van der Waals surface area (Å²) in [5, 5.41) is 9.42. The number of hydrogen-bond donors (Lipinski definition) is 1. The molecule has 5 heteroatoms. The molecule has 1 aliphatic rings. The van der Waals surface area contributed by atoms with Gasteiger partial charge in [0.15, 0.2) is 0 Å². The third-order valence-electron chi connectivity index (χ3n) is 3.62. The lowest BCUT2D eigenvalue weighted by Crippen LogP contribution is -2.43. The number of aromatic nitrogens is 1. The molecular weight excluding hydrogens is 240 g/mol. The number of hydrogen-bond acceptors (Lipinski definition) is 2. The van der Waals surface area contributed by atoms with E-state index in [9.17, 15) is 18.7 Å². The minimum Gasteiger partial charge on any atom is -0.481 e. The first-order chi connectivity index (χ1) is 8.36. The number of nitrogens with zero attached hydrogens (tertiary/aromatic N) is 1. The smallest absolute Gasteiger partial charge is 0.315 e. The van der Waals surface area contributed by atoms with E-state index in [1.165, 1.54) is 0 Å². The molecule has 18 heavy (non-hydrogen) atoms. The van der Waals surface area contributed by atoms with Crippen LogP contribution in [0, 0.1) is 6.92 Å². The van der Waals surface area contributed by atoms with E-state index in [-0.39, 0.29) is 12.8 Å². The van der Waals surface area contributed by atoms with Crippen LogP contribution in [0.2, 0.25) is 0 Å². The van der Waals surface area contributed by atoms with E-state index in [4.69, 9.17) is 0 Å². The van der Waals surface area contributed by atoms with Crippen LogP contribution >= 0.6 is 0 Å². The van der Waals surface area contributed by atoms with Crippen LogP contribution in [-0.2, 0) is 10.2 Å². The Morgan fingerprint density at radius 2 is 1.89 bits per heavy atom. The number of carboxylic acids is 1. The first-order valence-electron chi connectivity index (χ1n) is 5.91. The van der Waals surface area contributed by atoms with E-state index in [2.05, 4.69) is 4.98 Å². The summed E-state index contributed by atoms with van der Waals surface area (Å²) in [6, 6.07) is 5.09. The maximum Gasteiger partial charge on any atom is 0.315 e. The van der Waals surface area contributed by atoms with Gasteiger partial charge in [-0.15, -0.1) is 0 Å². The second-order valence-electron chi connectivity index (χ2n) is 4.91. The van der Waals surface area contributed by atoms with E-state index in [0.29, 0.717) is 11.4 Å². The predicted molar refractivity (Wildman–Crippen MR) is 61.7 cm³/mol. The number of pyridine rings is 1. The quantitative estimate of drug-likeness (QED) is 0.884. The van der Waals surface area contributed by atoms with E-state index in [1.54, 1.807) is 25.1 Å². The average Bonchev–Trinajstić information content (AvgIpc) is 2.29. The Hall–Kier alpha value is -1.52. The Morgan fingerprint density at radius 3 is 2.39 bits per heavy atom. The molecule has 0 spiro atoms. The van der Waals surface area contributed by atoms with Crippen LogP contribution in [0.5, 0.6) is 0 Å². The second-order valence-corrected chi connectivity index (χ2v) is 4.91. The Labute approximate surface area is 104 Å². The largest absolute Gasteiger partial charge is 0.481 e. The maximum absolute atomic E-state index is 13.2. The van der Waals surface area contributed by atoms with Gasteiger partial charge in [-0.25, -0.2) is 8.78 Å². The molecule has 0 aromatic carbocycles. The van der Waals surface area contributed by atoms with Gasteiger partial charge in [0.25, 0.3) is 0 Å². The summed E-state index contributed by atoms with van der Waals surface area (Å²) < 4.78 is 26.4. The van der Waals surface area contributed by atoms with Gasteiger partial charge in [0, 0.05) is 18.5 Å². The third-order valence-corrected chi connectivity index (χ3v) is 3.62. The summed E-state index contributed by atoms with van der Waals surface area (Å²) in [5.41, 5.74) is -0.163. The maximum atomic E-state index is 13.2. The highest BCUT2D eigenvalue weighted by atomic mass is 19.3. The molecule has 0 atom stereocenters. The Kier molecular flexibility index (Phi) is 3.09. The fraction of sp³-hybridized carbons (Fsp3) is 0.538. The molecule has 2 rings (SSSR count). The summed E-state index contributed by atoms with van der Waals surface area (Å²) in [6.07, 6.45) is -0.915.